The molecule has 0 spiro atoms. The van der Waals surface area contributed by atoms with Crippen molar-refractivity contribution in [1.29, 1.82) is 0 Å². The molecule has 7 heteroatoms. The fourth-order valence-corrected chi connectivity index (χ4v) is 2.30. The van der Waals surface area contributed by atoms with E-state index in [1.54, 1.807) is 12.1 Å². The molecule has 0 aliphatic carbocycles. The van der Waals surface area contributed by atoms with Gasteiger partial charge in [-0.15, -0.1) is 0 Å². The number of nitrogens with one attached hydrogen (secondary N) is 2. The third kappa shape index (κ3) is 3.92. The van der Waals surface area contributed by atoms with Gasteiger partial charge < -0.3 is 15.4 Å². The third-order valence-electron chi connectivity index (χ3n) is 2.77. The van der Waals surface area contributed by atoms with Crippen LogP contribution in [0.1, 0.15) is 12.8 Å². The minimum atomic E-state index is -0.632. The Morgan fingerprint density at radius 1 is 1.40 bits per heavy atom. The van der Waals surface area contributed by atoms with Crippen molar-refractivity contribution in [1.82, 2.24) is 5.32 Å². The summed E-state index contributed by atoms with van der Waals surface area (Å²) in [6, 6.07) is 6.65. The van der Waals surface area contributed by atoms with Gasteiger partial charge >= 0.3 is 5.97 Å². The van der Waals surface area contributed by atoms with E-state index in [2.05, 4.69) is 33.2 Å². The van der Waals surface area contributed by atoms with Crippen LogP contribution in [0.25, 0.3) is 0 Å². The SMILES string of the molecule is O=C(COC(=O)[C@H]1CCC(=O)N1)Nc1ccccc1I. The minimum absolute atomic E-state index is 0.171. The van der Waals surface area contributed by atoms with E-state index in [0.717, 1.165) is 3.57 Å². The number of para-hydroxylation sites is 1. The fraction of sp³-hybridized carbons (Fsp3) is 0.308. The molecule has 106 valence electrons. The maximum atomic E-state index is 11.7. The van der Waals surface area contributed by atoms with Crippen molar-refractivity contribution in [2.24, 2.45) is 0 Å². The van der Waals surface area contributed by atoms with Crippen LogP contribution in [0.15, 0.2) is 24.3 Å². The Morgan fingerprint density at radius 2 is 2.15 bits per heavy atom. The van der Waals surface area contributed by atoms with Crippen molar-refractivity contribution < 1.29 is 19.1 Å². The lowest BCUT2D eigenvalue weighted by molar-refractivity contribution is -0.149. The quantitative estimate of drug-likeness (QED) is 0.597. The van der Waals surface area contributed by atoms with Crippen molar-refractivity contribution in [2.75, 3.05) is 11.9 Å². The number of amides is 2. The summed E-state index contributed by atoms with van der Waals surface area (Å²) < 4.78 is 5.78. The van der Waals surface area contributed by atoms with Crippen LogP contribution < -0.4 is 10.6 Å². The van der Waals surface area contributed by atoms with E-state index < -0.39 is 17.9 Å². The van der Waals surface area contributed by atoms with Gasteiger partial charge in [-0.2, -0.15) is 0 Å². The highest BCUT2D eigenvalue weighted by atomic mass is 127. The third-order valence-corrected chi connectivity index (χ3v) is 3.71. The molecule has 0 bridgehead atoms. The predicted molar refractivity (Wildman–Crippen MR) is 79.9 cm³/mol. The van der Waals surface area contributed by atoms with Crippen LogP contribution in [0, 0.1) is 3.57 Å². The van der Waals surface area contributed by atoms with E-state index in [0.29, 0.717) is 18.5 Å². The van der Waals surface area contributed by atoms with E-state index in [-0.39, 0.29) is 12.5 Å². The number of ether oxygens (including phenoxy) is 1. The predicted octanol–water partition coefficient (Wildman–Crippen LogP) is 1.05. The number of halogens is 1. The molecule has 1 aliphatic rings. The Hall–Kier alpha value is -1.64. The summed E-state index contributed by atoms with van der Waals surface area (Å²) in [6.45, 7) is -0.365. The van der Waals surface area contributed by atoms with Gasteiger partial charge in [0, 0.05) is 9.99 Å². The zero-order valence-electron chi connectivity index (χ0n) is 10.5. The Morgan fingerprint density at radius 3 is 2.80 bits per heavy atom. The molecule has 2 amide bonds. The monoisotopic (exact) mass is 388 g/mol. The topological polar surface area (TPSA) is 84.5 Å². The average molecular weight is 388 g/mol. The summed E-state index contributed by atoms with van der Waals surface area (Å²) in [5.74, 6) is -1.16. The van der Waals surface area contributed by atoms with Gasteiger partial charge in [0.15, 0.2) is 6.61 Å². The second kappa shape index (κ2) is 6.69. The second-order valence-corrected chi connectivity index (χ2v) is 5.46. The summed E-state index contributed by atoms with van der Waals surface area (Å²) in [6.07, 6.45) is 0.726. The van der Waals surface area contributed by atoms with E-state index >= 15 is 0 Å². The van der Waals surface area contributed by atoms with Gasteiger partial charge in [0.25, 0.3) is 5.91 Å². The highest BCUT2D eigenvalue weighted by Crippen LogP contribution is 2.16. The van der Waals surface area contributed by atoms with Gasteiger partial charge in [-0.25, -0.2) is 4.79 Å². The molecule has 0 radical (unpaired) electrons. The standard InChI is InChI=1S/C13H13IN2O4/c14-8-3-1-2-4-9(8)15-12(18)7-20-13(19)10-5-6-11(17)16-10/h1-4,10H,5-7H2,(H,15,18)(H,16,17)/t10-/m1/s1. The average Bonchev–Trinajstić information content (AvgIpc) is 2.85. The second-order valence-electron chi connectivity index (χ2n) is 4.29. The molecule has 6 nitrogen and oxygen atoms in total. The maximum absolute atomic E-state index is 11.7. The lowest BCUT2D eigenvalue weighted by atomic mass is 10.2. The molecule has 1 heterocycles. The number of carbonyl (C=O) groups is 3. The van der Waals surface area contributed by atoms with E-state index in [1.807, 2.05) is 12.1 Å². The van der Waals surface area contributed by atoms with Crippen molar-refractivity contribution in [2.45, 2.75) is 18.9 Å². The molecule has 1 saturated heterocycles. The van der Waals surface area contributed by atoms with Gasteiger partial charge in [0.1, 0.15) is 6.04 Å². The number of anilines is 1. The van der Waals surface area contributed by atoms with E-state index in [1.165, 1.54) is 0 Å². The molecule has 2 rings (SSSR count). The number of carbonyl (C=O) groups excluding carboxylic acids is 3. The number of hydrogen-bond donors (Lipinski definition) is 2. The van der Waals surface area contributed by atoms with Crippen molar-refractivity contribution in [3.8, 4) is 0 Å². The molecular weight excluding hydrogens is 375 g/mol. The lowest BCUT2D eigenvalue weighted by Gasteiger charge is -2.11. The van der Waals surface area contributed by atoms with Crippen LogP contribution in [0.5, 0.6) is 0 Å². The molecule has 1 aliphatic heterocycles. The zero-order chi connectivity index (χ0) is 14.5. The van der Waals surface area contributed by atoms with E-state index in [4.69, 9.17) is 4.74 Å². The van der Waals surface area contributed by atoms with Crippen LogP contribution in [-0.4, -0.2) is 30.4 Å². The number of rotatable bonds is 4. The van der Waals surface area contributed by atoms with Crippen LogP contribution >= 0.6 is 22.6 Å². The first-order valence-electron chi connectivity index (χ1n) is 6.06. The molecule has 1 aromatic carbocycles. The molecule has 1 fully saturated rings. The molecule has 0 saturated carbocycles. The molecule has 1 aromatic rings. The smallest absolute Gasteiger partial charge is 0.329 e. The first kappa shape index (κ1) is 14.8. The molecule has 0 aromatic heterocycles. The lowest BCUT2D eigenvalue weighted by Crippen LogP contribution is -2.36. The minimum Gasteiger partial charge on any atom is -0.454 e. The zero-order valence-corrected chi connectivity index (χ0v) is 12.7. The molecule has 20 heavy (non-hydrogen) atoms. The van der Waals surface area contributed by atoms with Gasteiger partial charge in [0.2, 0.25) is 5.91 Å². The Balaban J connectivity index is 1.79. The van der Waals surface area contributed by atoms with Crippen molar-refractivity contribution in [3.63, 3.8) is 0 Å². The van der Waals surface area contributed by atoms with Crippen LogP contribution in [0.2, 0.25) is 0 Å². The summed E-state index contributed by atoms with van der Waals surface area (Å²) >= 11 is 2.10. The highest BCUT2D eigenvalue weighted by Gasteiger charge is 2.28. The number of hydrogen-bond acceptors (Lipinski definition) is 4. The fourth-order valence-electron chi connectivity index (χ4n) is 1.78. The first-order chi connectivity index (χ1) is 9.56. The first-order valence-corrected chi connectivity index (χ1v) is 7.14. The molecule has 0 unspecified atom stereocenters. The largest absolute Gasteiger partial charge is 0.454 e. The maximum Gasteiger partial charge on any atom is 0.329 e. The Bertz CT molecular complexity index is 547. The summed E-state index contributed by atoms with van der Waals surface area (Å²) in [4.78, 5) is 34.2. The van der Waals surface area contributed by atoms with Crippen LogP contribution in [-0.2, 0) is 19.1 Å². The Kier molecular flexibility index (Phi) is 4.94. The van der Waals surface area contributed by atoms with E-state index in [9.17, 15) is 14.4 Å². The highest BCUT2D eigenvalue weighted by molar-refractivity contribution is 14.1. The normalized spacial score (nSPS) is 17.4. The van der Waals surface area contributed by atoms with Gasteiger partial charge in [-0.05, 0) is 41.1 Å². The summed E-state index contributed by atoms with van der Waals surface area (Å²) in [7, 11) is 0. The van der Waals surface area contributed by atoms with Gasteiger partial charge in [0.05, 0.1) is 5.69 Å². The Labute approximate surface area is 129 Å². The van der Waals surface area contributed by atoms with Crippen LogP contribution in [0.4, 0.5) is 5.69 Å². The molecule has 2 N–H and O–H groups in total. The number of esters is 1. The molecule has 1 atom stereocenters. The van der Waals surface area contributed by atoms with Crippen molar-refractivity contribution in [3.05, 3.63) is 27.8 Å². The van der Waals surface area contributed by atoms with Crippen molar-refractivity contribution >= 4 is 46.1 Å². The van der Waals surface area contributed by atoms with Gasteiger partial charge in [-0.3, -0.25) is 9.59 Å². The number of benzene rings is 1. The summed E-state index contributed by atoms with van der Waals surface area (Å²) in [5.41, 5.74) is 0.670. The van der Waals surface area contributed by atoms with Gasteiger partial charge in [-0.1, -0.05) is 12.1 Å². The summed E-state index contributed by atoms with van der Waals surface area (Å²) in [5, 5.41) is 5.14. The van der Waals surface area contributed by atoms with Crippen LogP contribution in [0.3, 0.4) is 0 Å². The molecular formula is C13H13IN2O4.